The molecule has 0 aliphatic heterocycles. The Morgan fingerprint density at radius 1 is 1.12 bits per heavy atom. The number of hydrogen-bond donors (Lipinski definition) is 0. The van der Waals surface area contributed by atoms with Gasteiger partial charge in [-0.15, -0.1) is 0 Å². The van der Waals surface area contributed by atoms with Crippen molar-refractivity contribution >= 4 is 0 Å². The minimum atomic E-state index is 0.867. The minimum absolute atomic E-state index is 0.867. The molecule has 0 aromatic rings. The number of hydrogen-bond acceptors (Lipinski definition) is 0. The molecule has 0 aliphatic rings. The average Bonchev–Trinajstić information content (AvgIpc) is 2.25. The van der Waals surface area contributed by atoms with E-state index in [4.69, 9.17) is 0 Å². The summed E-state index contributed by atoms with van der Waals surface area (Å²) in [6, 6.07) is 0. The molecule has 1 atom stereocenters. The quantitative estimate of drug-likeness (QED) is 0.429. The van der Waals surface area contributed by atoms with Gasteiger partial charge in [-0.05, 0) is 52.9 Å². The molecule has 1 nitrogen and oxygen atoms in total. The fourth-order valence-corrected chi connectivity index (χ4v) is 1.87. The Kier molecular flexibility index (Phi) is 7.74. The van der Waals surface area contributed by atoms with Crippen LogP contribution in [0, 0.1) is 5.92 Å². The van der Waals surface area contributed by atoms with Crippen LogP contribution in [0.1, 0.15) is 53.9 Å². The molecule has 0 saturated carbocycles. The van der Waals surface area contributed by atoms with Crippen molar-refractivity contribution in [1.29, 1.82) is 0 Å². The van der Waals surface area contributed by atoms with E-state index in [0.29, 0.717) is 0 Å². The Hall–Kier alpha value is -0.300. The lowest BCUT2D eigenvalue weighted by Gasteiger charge is -2.33. The van der Waals surface area contributed by atoms with Crippen LogP contribution in [0.5, 0.6) is 0 Å². The van der Waals surface area contributed by atoms with E-state index in [-0.39, 0.29) is 0 Å². The number of allylic oxidation sites excluding steroid dienone is 2. The standard InChI is InChI=1S/C15H32N/c1-7-16(6,8-2)13-12-15(5)11-9-10-14(3)4/h10,15H,7-9,11-13H2,1-6H3/q+1/t15-/m1/s1. The van der Waals surface area contributed by atoms with E-state index in [1.165, 1.54) is 49.0 Å². The number of nitrogens with zero attached hydrogens (tertiary/aromatic N) is 1. The van der Waals surface area contributed by atoms with Crippen LogP contribution in [0.4, 0.5) is 0 Å². The van der Waals surface area contributed by atoms with Gasteiger partial charge in [0.05, 0.1) is 26.7 Å². The molecule has 96 valence electrons. The first kappa shape index (κ1) is 15.7. The van der Waals surface area contributed by atoms with E-state index in [1.54, 1.807) is 0 Å². The van der Waals surface area contributed by atoms with Crippen molar-refractivity contribution in [2.45, 2.75) is 53.9 Å². The van der Waals surface area contributed by atoms with Gasteiger partial charge in [0.25, 0.3) is 0 Å². The van der Waals surface area contributed by atoms with Crippen molar-refractivity contribution in [2.75, 3.05) is 26.7 Å². The molecule has 0 heterocycles. The Morgan fingerprint density at radius 3 is 2.12 bits per heavy atom. The fourth-order valence-electron chi connectivity index (χ4n) is 1.87. The van der Waals surface area contributed by atoms with Crippen LogP contribution in [-0.4, -0.2) is 31.2 Å². The summed E-state index contributed by atoms with van der Waals surface area (Å²) in [5.74, 6) is 0.867. The summed E-state index contributed by atoms with van der Waals surface area (Å²) in [6.45, 7) is 15.2. The summed E-state index contributed by atoms with van der Waals surface area (Å²) in [5.41, 5.74) is 1.45. The molecule has 1 heteroatoms. The fraction of sp³-hybridized carbons (Fsp3) is 0.867. The van der Waals surface area contributed by atoms with Gasteiger partial charge in [-0.2, -0.15) is 0 Å². The third kappa shape index (κ3) is 7.05. The first-order valence-corrected chi connectivity index (χ1v) is 6.90. The average molecular weight is 226 g/mol. The zero-order valence-electron chi connectivity index (χ0n) is 12.3. The van der Waals surface area contributed by atoms with Crippen LogP contribution >= 0.6 is 0 Å². The van der Waals surface area contributed by atoms with E-state index >= 15 is 0 Å². The maximum Gasteiger partial charge on any atom is 0.0786 e. The van der Waals surface area contributed by atoms with Crippen molar-refractivity contribution in [3.63, 3.8) is 0 Å². The second-order valence-corrected chi connectivity index (χ2v) is 5.73. The van der Waals surface area contributed by atoms with E-state index in [9.17, 15) is 0 Å². The van der Waals surface area contributed by atoms with Crippen molar-refractivity contribution in [2.24, 2.45) is 5.92 Å². The first-order chi connectivity index (χ1) is 7.43. The molecular formula is C15H32N+. The van der Waals surface area contributed by atoms with Crippen molar-refractivity contribution < 1.29 is 4.48 Å². The van der Waals surface area contributed by atoms with Gasteiger partial charge in [0, 0.05) is 0 Å². The Bertz CT molecular complexity index is 197. The largest absolute Gasteiger partial charge is 0.326 e. The van der Waals surface area contributed by atoms with Gasteiger partial charge in [-0.25, -0.2) is 0 Å². The molecule has 16 heavy (non-hydrogen) atoms. The summed E-state index contributed by atoms with van der Waals surface area (Å²) < 4.78 is 1.23. The van der Waals surface area contributed by atoms with Crippen molar-refractivity contribution in [1.82, 2.24) is 0 Å². The number of rotatable bonds is 8. The lowest BCUT2D eigenvalue weighted by Crippen LogP contribution is -2.44. The predicted molar refractivity (Wildman–Crippen MR) is 74.6 cm³/mol. The summed E-state index contributed by atoms with van der Waals surface area (Å²) in [5, 5.41) is 0. The van der Waals surface area contributed by atoms with Gasteiger partial charge < -0.3 is 4.48 Å². The summed E-state index contributed by atoms with van der Waals surface area (Å²) in [7, 11) is 2.38. The molecule has 0 aromatic carbocycles. The highest BCUT2D eigenvalue weighted by Gasteiger charge is 2.17. The first-order valence-electron chi connectivity index (χ1n) is 6.90. The SMILES string of the molecule is CC[N+](C)(CC)CC[C@H](C)CCC=C(C)C. The predicted octanol–water partition coefficient (Wildman–Crippen LogP) is 4.25. The highest BCUT2D eigenvalue weighted by Crippen LogP contribution is 2.14. The molecule has 0 spiro atoms. The van der Waals surface area contributed by atoms with Crippen LogP contribution in [0.15, 0.2) is 11.6 Å². The minimum Gasteiger partial charge on any atom is -0.326 e. The summed E-state index contributed by atoms with van der Waals surface area (Å²) >= 11 is 0. The molecule has 0 aliphatic carbocycles. The molecule has 0 aromatic heterocycles. The monoisotopic (exact) mass is 226 g/mol. The van der Waals surface area contributed by atoms with Crippen molar-refractivity contribution in [3.8, 4) is 0 Å². The molecule has 0 N–H and O–H groups in total. The van der Waals surface area contributed by atoms with E-state index in [1.807, 2.05) is 0 Å². The van der Waals surface area contributed by atoms with Gasteiger partial charge in [-0.3, -0.25) is 0 Å². The molecular weight excluding hydrogens is 194 g/mol. The normalized spacial score (nSPS) is 13.6. The Balaban J connectivity index is 3.80. The third-order valence-corrected chi connectivity index (χ3v) is 3.90. The molecule has 0 saturated heterocycles. The topological polar surface area (TPSA) is 0 Å². The van der Waals surface area contributed by atoms with Crippen LogP contribution in [-0.2, 0) is 0 Å². The summed E-state index contributed by atoms with van der Waals surface area (Å²) in [4.78, 5) is 0. The van der Waals surface area contributed by atoms with E-state index < -0.39 is 0 Å². The van der Waals surface area contributed by atoms with E-state index in [2.05, 4.69) is 47.7 Å². The van der Waals surface area contributed by atoms with Gasteiger partial charge in [0.1, 0.15) is 0 Å². The Labute approximate surface area is 103 Å². The molecule has 0 fully saturated rings. The maximum atomic E-state index is 2.40. The number of quaternary nitrogens is 1. The molecule has 0 amide bonds. The smallest absolute Gasteiger partial charge is 0.0786 e. The molecule has 0 unspecified atom stereocenters. The van der Waals surface area contributed by atoms with Gasteiger partial charge in [0.2, 0.25) is 0 Å². The maximum absolute atomic E-state index is 2.40. The van der Waals surface area contributed by atoms with Crippen LogP contribution in [0.2, 0.25) is 0 Å². The zero-order chi connectivity index (χ0) is 12.6. The Morgan fingerprint density at radius 2 is 1.69 bits per heavy atom. The van der Waals surface area contributed by atoms with Gasteiger partial charge >= 0.3 is 0 Å². The van der Waals surface area contributed by atoms with Crippen LogP contribution in [0.3, 0.4) is 0 Å². The second kappa shape index (κ2) is 7.89. The van der Waals surface area contributed by atoms with Crippen molar-refractivity contribution in [3.05, 3.63) is 11.6 Å². The van der Waals surface area contributed by atoms with Crippen LogP contribution in [0.25, 0.3) is 0 Å². The second-order valence-electron chi connectivity index (χ2n) is 5.73. The van der Waals surface area contributed by atoms with Gasteiger partial charge in [0.15, 0.2) is 0 Å². The lowest BCUT2D eigenvalue weighted by molar-refractivity contribution is -0.906. The third-order valence-electron chi connectivity index (χ3n) is 3.90. The summed E-state index contributed by atoms with van der Waals surface area (Å²) in [6.07, 6.45) is 6.34. The zero-order valence-corrected chi connectivity index (χ0v) is 12.3. The highest BCUT2D eigenvalue weighted by atomic mass is 15.3. The molecule has 0 bridgehead atoms. The molecule has 0 rings (SSSR count). The lowest BCUT2D eigenvalue weighted by atomic mass is 10.00. The van der Waals surface area contributed by atoms with Crippen LogP contribution < -0.4 is 0 Å². The van der Waals surface area contributed by atoms with E-state index in [0.717, 1.165) is 5.92 Å². The molecule has 0 radical (unpaired) electrons. The van der Waals surface area contributed by atoms with Gasteiger partial charge in [-0.1, -0.05) is 18.6 Å². The highest BCUT2D eigenvalue weighted by molar-refractivity contribution is 4.92.